The van der Waals surface area contributed by atoms with E-state index in [1.54, 1.807) is 0 Å². The molecule has 0 bridgehead atoms. The number of aryl methyl sites for hydroxylation is 1. The minimum Gasteiger partial charge on any atom is -0.494 e. The predicted octanol–water partition coefficient (Wildman–Crippen LogP) is 4.12. The van der Waals surface area contributed by atoms with Gasteiger partial charge in [0.2, 0.25) is 0 Å². The van der Waals surface area contributed by atoms with E-state index in [9.17, 15) is 0 Å². The highest BCUT2D eigenvalue weighted by molar-refractivity contribution is 5.27. The molecule has 0 unspecified atom stereocenters. The Balaban J connectivity index is 1.50. The molecule has 0 aromatic heterocycles. The van der Waals surface area contributed by atoms with Gasteiger partial charge < -0.3 is 14.6 Å². The van der Waals surface area contributed by atoms with E-state index in [1.165, 1.54) is 37.7 Å². The van der Waals surface area contributed by atoms with Crippen molar-refractivity contribution in [1.29, 1.82) is 0 Å². The zero-order chi connectivity index (χ0) is 15.5. The third-order valence-corrected chi connectivity index (χ3v) is 4.26. The monoisotopic (exact) mass is 306 g/mol. The van der Waals surface area contributed by atoms with Crippen LogP contribution >= 0.6 is 0 Å². The summed E-state index contributed by atoms with van der Waals surface area (Å²) in [7, 11) is 0. The average molecular weight is 306 g/mol. The van der Waals surface area contributed by atoms with Gasteiger partial charge in [-0.2, -0.15) is 0 Å². The second-order valence-electron chi connectivity index (χ2n) is 6.16. The molecule has 1 aliphatic rings. The smallest absolute Gasteiger partial charge is 0.119 e. The van der Waals surface area contributed by atoms with Crippen LogP contribution in [0.2, 0.25) is 0 Å². The van der Waals surface area contributed by atoms with Gasteiger partial charge in [-0.15, -0.1) is 0 Å². The number of hydrogen-bond acceptors (Lipinski definition) is 3. The lowest BCUT2D eigenvalue weighted by Gasteiger charge is -2.21. The van der Waals surface area contributed by atoms with Crippen molar-refractivity contribution in [1.82, 2.24) is 0 Å². The van der Waals surface area contributed by atoms with E-state index in [-0.39, 0.29) is 6.61 Å². The Labute approximate surface area is 134 Å². The average Bonchev–Trinajstić information content (AvgIpc) is 2.58. The molecule has 1 saturated carbocycles. The molecule has 2 rings (SSSR count). The van der Waals surface area contributed by atoms with Crippen LogP contribution < -0.4 is 4.74 Å². The molecule has 0 heterocycles. The highest BCUT2D eigenvalue weighted by atomic mass is 16.5. The molecule has 0 atom stereocenters. The van der Waals surface area contributed by atoms with Gasteiger partial charge in [0.1, 0.15) is 5.75 Å². The molecule has 1 aliphatic carbocycles. The van der Waals surface area contributed by atoms with Gasteiger partial charge in [-0.05, 0) is 56.2 Å². The highest BCUT2D eigenvalue weighted by Gasteiger charge is 2.12. The first-order valence-corrected chi connectivity index (χ1v) is 8.82. The molecule has 3 nitrogen and oxygen atoms in total. The Morgan fingerprint density at radius 1 is 0.909 bits per heavy atom. The van der Waals surface area contributed by atoms with Gasteiger partial charge in [0.25, 0.3) is 0 Å². The fourth-order valence-electron chi connectivity index (χ4n) is 2.91. The number of aliphatic hydroxyl groups excluding tert-OH is 1. The van der Waals surface area contributed by atoms with Crippen molar-refractivity contribution < 1.29 is 14.6 Å². The number of ether oxygens (including phenoxy) is 2. The van der Waals surface area contributed by atoms with Gasteiger partial charge in [0.05, 0.1) is 12.7 Å². The van der Waals surface area contributed by atoms with Gasteiger partial charge in [-0.3, -0.25) is 0 Å². The summed E-state index contributed by atoms with van der Waals surface area (Å²) in [5.41, 5.74) is 1.25. The molecule has 3 heteroatoms. The van der Waals surface area contributed by atoms with E-state index in [4.69, 9.17) is 14.6 Å². The van der Waals surface area contributed by atoms with Crippen LogP contribution in [-0.4, -0.2) is 31.0 Å². The third-order valence-electron chi connectivity index (χ3n) is 4.26. The lowest BCUT2D eigenvalue weighted by atomic mass is 9.98. The summed E-state index contributed by atoms with van der Waals surface area (Å²) in [4.78, 5) is 0. The topological polar surface area (TPSA) is 38.7 Å². The maximum atomic E-state index is 8.82. The summed E-state index contributed by atoms with van der Waals surface area (Å²) in [6, 6.07) is 8.20. The fraction of sp³-hybridized carbons (Fsp3) is 0.684. The third kappa shape index (κ3) is 6.80. The molecule has 1 fully saturated rings. The Hall–Kier alpha value is -1.06. The van der Waals surface area contributed by atoms with Crippen LogP contribution in [0.5, 0.6) is 5.75 Å². The number of rotatable bonds is 10. The van der Waals surface area contributed by atoms with Crippen LogP contribution in [0.4, 0.5) is 0 Å². The quantitative estimate of drug-likeness (QED) is 0.661. The molecule has 22 heavy (non-hydrogen) atoms. The largest absolute Gasteiger partial charge is 0.494 e. The van der Waals surface area contributed by atoms with Crippen LogP contribution in [0.15, 0.2) is 24.3 Å². The van der Waals surface area contributed by atoms with Gasteiger partial charge in [-0.1, -0.05) is 31.4 Å². The van der Waals surface area contributed by atoms with E-state index in [0.29, 0.717) is 6.10 Å². The number of unbranched alkanes of at least 4 members (excludes halogenated alkanes) is 1. The van der Waals surface area contributed by atoms with Crippen molar-refractivity contribution in [3.8, 4) is 5.75 Å². The zero-order valence-corrected chi connectivity index (χ0v) is 13.6. The van der Waals surface area contributed by atoms with Crippen molar-refractivity contribution in [2.75, 3.05) is 19.8 Å². The van der Waals surface area contributed by atoms with Crippen molar-refractivity contribution >= 4 is 0 Å². The van der Waals surface area contributed by atoms with Crippen LogP contribution in [0.1, 0.15) is 56.9 Å². The molecule has 0 saturated heterocycles. The standard InChI is InChI=1S/C19H30O3/c20-14-6-7-17-10-12-19(13-11-17)22-16-5-4-15-21-18-8-2-1-3-9-18/h10-13,18,20H,1-9,14-16H2. The number of aliphatic hydroxyl groups is 1. The van der Waals surface area contributed by atoms with Crippen molar-refractivity contribution in [2.24, 2.45) is 0 Å². The molecule has 0 radical (unpaired) electrons. The summed E-state index contributed by atoms with van der Waals surface area (Å²) in [6.07, 6.45) is 10.9. The summed E-state index contributed by atoms with van der Waals surface area (Å²) in [5, 5.41) is 8.82. The Bertz CT molecular complexity index is 382. The maximum Gasteiger partial charge on any atom is 0.119 e. The van der Waals surface area contributed by atoms with Crippen LogP contribution in [-0.2, 0) is 11.2 Å². The zero-order valence-electron chi connectivity index (χ0n) is 13.6. The lowest BCUT2D eigenvalue weighted by molar-refractivity contribution is 0.0253. The Morgan fingerprint density at radius 2 is 1.64 bits per heavy atom. The Kier molecular flexibility index (Phi) is 8.36. The summed E-state index contributed by atoms with van der Waals surface area (Å²) in [6.45, 7) is 1.87. The first-order valence-electron chi connectivity index (χ1n) is 8.82. The molecular formula is C19H30O3. The molecule has 1 aromatic carbocycles. The predicted molar refractivity (Wildman–Crippen MR) is 89.4 cm³/mol. The number of benzene rings is 1. The van der Waals surface area contributed by atoms with E-state index in [2.05, 4.69) is 12.1 Å². The Morgan fingerprint density at radius 3 is 2.36 bits per heavy atom. The van der Waals surface area contributed by atoms with Crippen molar-refractivity contribution in [3.63, 3.8) is 0 Å². The highest BCUT2D eigenvalue weighted by Crippen LogP contribution is 2.20. The summed E-state index contributed by atoms with van der Waals surface area (Å²) < 4.78 is 11.7. The molecule has 0 amide bonds. The van der Waals surface area contributed by atoms with E-state index in [1.807, 2.05) is 12.1 Å². The van der Waals surface area contributed by atoms with Gasteiger partial charge >= 0.3 is 0 Å². The van der Waals surface area contributed by atoms with E-state index in [0.717, 1.165) is 44.6 Å². The van der Waals surface area contributed by atoms with Gasteiger partial charge in [0.15, 0.2) is 0 Å². The van der Waals surface area contributed by atoms with E-state index < -0.39 is 0 Å². The second kappa shape index (κ2) is 10.6. The second-order valence-corrected chi connectivity index (χ2v) is 6.16. The molecule has 0 spiro atoms. The normalized spacial score (nSPS) is 15.9. The minimum atomic E-state index is 0.251. The van der Waals surface area contributed by atoms with Crippen molar-refractivity contribution in [2.45, 2.75) is 63.9 Å². The molecular weight excluding hydrogens is 276 g/mol. The van der Waals surface area contributed by atoms with Gasteiger partial charge in [-0.25, -0.2) is 0 Å². The van der Waals surface area contributed by atoms with Crippen LogP contribution in [0.3, 0.4) is 0 Å². The SMILES string of the molecule is OCCCc1ccc(OCCCCOC2CCCCC2)cc1. The fourth-order valence-corrected chi connectivity index (χ4v) is 2.91. The minimum absolute atomic E-state index is 0.251. The van der Waals surface area contributed by atoms with Crippen LogP contribution in [0.25, 0.3) is 0 Å². The summed E-state index contributed by atoms with van der Waals surface area (Å²) >= 11 is 0. The molecule has 1 N–H and O–H groups in total. The van der Waals surface area contributed by atoms with Crippen molar-refractivity contribution in [3.05, 3.63) is 29.8 Å². The molecule has 124 valence electrons. The number of hydrogen-bond donors (Lipinski definition) is 1. The molecule has 1 aromatic rings. The molecule has 0 aliphatic heterocycles. The van der Waals surface area contributed by atoms with Crippen LogP contribution in [0, 0.1) is 0 Å². The lowest BCUT2D eigenvalue weighted by Crippen LogP contribution is -2.17. The van der Waals surface area contributed by atoms with Gasteiger partial charge in [0, 0.05) is 13.2 Å². The first-order chi connectivity index (χ1) is 10.9. The summed E-state index contributed by atoms with van der Waals surface area (Å²) in [5.74, 6) is 0.931. The maximum absolute atomic E-state index is 8.82. The first kappa shape index (κ1) is 17.3. The van der Waals surface area contributed by atoms with E-state index >= 15 is 0 Å².